The Balaban J connectivity index is 2.01. The van der Waals surface area contributed by atoms with Gasteiger partial charge >= 0.3 is 0 Å². The molecule has 0 spiro atoms. The molecule has 1 aliphatic carbocycles. The third-order valence-corrected chi connectivity index (χ3v) is 3.62. The summed E-state index contributed by atoms with van der Waals surface area (Å²) in [5, 5.41) is 0. The SMILES string of the molecule is CC(C)N1CC2C(C1)C2(N)C(N)=O. The molecule has 1 heterocycles. The van der Waals surface area contributed by atoms with Crippen LogP contribution in [0.4, 0.5) is 0 Å². The first kappa shape index (κ1) is 8.97. The number of nitrogens with zero attached hydrogens (tertiary/aromatic N) is 1. The minimum atomic E-state index is -0.675. The van der Waals surface area contributed by atoms with Gasteiger partial charge in [0, 0.05) is 31.0 Å². The van der Waals surface area contributed by atoms with Gasteiger partial charge in [-0.2, -0.15) is 0 Å². The molecule has 13 heavy (non-hydrogen) atoms. The lowest BCUT2D eigenvalue weighted by Crippen LogP contribution is -2.48. The number of amides is 1. The molecule has 2 fully saturated rings. The fourth-order valence-corrected chi connectivity index (χ4v) is 2.49. The van der Waals surface area contributed by atoms with Crippen LogP contribution in [0.2, 0.25) is 0 Å². The van der Waals surface area contributed by atoms with Gasteiger partial charge in [0.2, 0.25) is 5.91 Å². The van der Waals surface area contributed by atoms with Gasteiger partial charge in [-0.1, -0.05) is 0 Å². The van der Waals surface area contributed by atoms with Crippen molar-refractivity contribution in [3.05, 3.63) is 0 Å². The summed E-state index contributed by atoms with van der Waals surface area (Å²) < 4.78 is 0. The maximum atomic E-state index is 11.1. The molecule has 0 aromatic carbocycles. The Morgan fingerprint density at radius 2 is 1.92 bits per heavy atom. The van der Waals surface area contributed by atoms with E-state index < -0.39 is 5.54 Å². The van der Waals surface area contributed by atoms with E-state index in [0.29, 0.717) is 17.9 Å². The lowest BCUT2D eigenvalue weighted by atomic mass is 10.1. The summed E-state index contributed by atoms with van der Waals surface area (Å²) in [5.41, 5.74) is 10.5. The zero-order chi connectivity index (χ0) is 9.80. The molecular formula is C9H17N3O. The number of carbonyl (C=O) groups excluding carboxylic acids is 1. The van der Waals surface area contributed by atoms with E-state index in [1.165, 1.54) is 0 Å². The number of carbonyl (C=O) groups is 1. The van der Waals surface area contributed by atoms with E-state index in [1.807, 2.05) is 0 Å². The van der Waals surface area contributed by atoms with Crippen LogP contribution in [0, 0.1) is 11.8 Å². The second-order valence-corrected chi connectivity index (χ2v) is 4.56. The fraction of sp³-hybridized carbons (Fsp3) is 0.889. The zero-order valence-corrected chi connectivity index (χ0v) is 8.16. The van der Waals surface area contributed by atoms with Gasteiger partial charge in [-0.25, -0.2) is 0 Å². The molecular weight excluding hydrogens is 166 g/mol. The molecule has 0 radical (unpaired) electrons. The van der Waals surface area contributed by atoms with Crippen LogP contribution in [0.15, 0.2) is 0 Å². The summed E-state index contributed by atoms with van der Waals surface area (Å²) >= 11 is 0. The van der Waals surface area contributed by atoms with Crippen LogP contribution in [-0.4, -0.2) is 35.5 Å². The first-order valence-corrected chi connectivity index (χ1v) is 4.80. The molecule has 0 aromatic rings. The van der Waals surface area contributed by atoms with Crippen molar-refractivity contribution in [2.75, 3.05) is 13.1 Å². The van der Waals surface area contributed by atoms with Crippen molar-refractivity contribution in [1.82, 2.24) is 4.90 Å². The van der Waals surface area contributed by atoms with Gasteiger partial charge in [0.1, 0.15) is 5.54 Å². The maximum absolute atomic E-state index is 11.1. The number of primary amides is 1. The van der Waals surface area contributed by atoms with E-state index in [1.54, 1.807) is 0 Å². The lowest BCUT2D eigenvalue weighted by Gasteiger charge is -2.25. The molecule has 2 rings (SSSR count). The highest BCUT2D eigenvalue weighted by Gasteiger charge is 2.69. The second kappa shape index (κ2) is 2.45. The molecule has 1 amide bonds. The van der Waals surface area contributed by atoms with E-state index in [2.05, 4.69) is 18.7 Å². The predicted octanol–water partition coefficient (Wildman–Crippen LogP) is -0.861. The Morgan fingerprint density at radius 1 is 1.46 bits per heavy atom. The monoisotopic (exact) mass is 183 g/mol. The van der Waals surface area contributed by atoms with E-state index in [4.69, 9.17) is 11.5 Å². The van der Waals surface area contributed by atoms with E-state index in [0.717, 1.165) is 13.1 Å². The second-order valence-electron chi connectivity index (χ2n) is 4.56. The Hall–Kier alpha value is -0.610. The van der Waals surface area contributed by atoms with Crippen LogP contribution in [0.25, 0.3) is 0 Å². The third kappa shape index (κ3) is 1.02. The number of rotatable bonds is 2. The van der Waals surface area contributed by atoms with E-state index >= 15 is 0 Å². The molecule has 1 aliphatic heterocycles. The van der Waals surface area contributed by atoms with Crippen LogP contribution in [0.3, 0.4) is 0 Å². The summed E-state index contributed by atoms with van der Waals surface area (Å²) in [6.45, 7) is 6.18. The molecule has 2 atom stereocenters. The quantitative estimate of drug-likeness (QED) is 0.585. The summed E-state index contributed by atoms with van der Waals surface area (Å²) in [4.78, 5) is 13.4. The third-order valence-electron chi connectivity index (χ3n) is 3.62. The minimum Gasteiger partial charge on any atom is -0.368 e. The van der Waals surface area contributed by atoms with Gasteiger partial charge in [-0.15, -0.1) is 0 Å². The lowest BCUT2D eigenvalue weighted by molar-refractivity contribution is -0.121. The smallest absolute Gasteiger partial charge is 0.238 e. The van der Waals surface area contributed by atoms with Gasteiger partial charge in [0.25, 0.3) is 0 Å². The molecule has 4 heteroatoms. The number of piperidine rings is 1. The van der Waals surface area contributed by atoms with Gasteiger partial charge in [0.05, 0.1) is 0 Å². The Bertz CT molecular complexity index is 239. The summed E-state index contributed by atoms with van der Waals surface area (Å²) in [6, 6.07) is 0.546. The average molecular weight is 183 g/mol. The number of hydrogen-bond acceptors (Lipinski definition) is 3. The summed E-state index contributed by atoms with van der Waals surface area (Å²) in [5.74, 6) is 0.297. The Kier molecular flexibility index (Phi) is 1.69. The highest BCUT2D eigenvalue weighted by atomic mass is 16.1. The molecule has 4 N–H and O–H groups in total. The van der Waals surface area contributed by atoms with Crippen molar-refractivity contribution in [2.45, 2.75) is 25.4 Å². The maximum Gasteiger partial charge on any atom is 0.238 e. The number of hydrogen-bond donors (Lipinski definition) is 2. The first-order valence-electron chi connectivity index (χ1n) is 4.80. The Labute approximate surface area is 78.2 Å². The highest BCUT2D eigenvalue weighted by Crippen LogP contribution is 2.53. The van der Waals surface area contributed by atoms with Crippen LogP contribution in [0.1, 0.15) is 13.8 Å². The Morgan fingerprint density at radius 3 is 2.23 bits per heavy atom. The minimum absolute atomic E-state index is 0.312. The predicted molar refractivity (Wildman–Crippen MR) is 49.8 cm³/mol. The van der Waals surface area contributed by atoms with E-state index in [-0.39, 0.29) is 5.91 Å². The van der Waals surface area contributed by atoms with Crippen LogP contribution < -0.4 is 11.5 Å². The molecule has 0 bridgehead atoms. The fourth-order valence-electron chi connectivity index (χ4n) is 2.49. The topological polar surface area (TPSA) is 72.3 Å². The molecule has 2 aliphatic rings. The normalized spacial score (nSPS) is 43.7. The highest BCUT2D eigenvalue weighted by molar-refractivity contribution is 5.89. The van der Waals surface area contributed by atoms with Crippen LogP contribution in [0.5, 0.6) is 0 Å². The van der Waals surface area contributed by atoms with Crippen LogP contribution in [-0.2, 0) is 4.79 Å². The molecule has 1 saturated heterocycles. The van der Waals surface area contributed by atoms with Gasteiger partial charge < -0.3 is 16.4 Å². The average Bonchev–Trinajstić information content (AvgIpc) is 2.49. The number of nitrogens with two attached hydrogens (primary N) is 2. The largest absolute Gasteiger partial charge is 0.368 e. The molecule has 1 saturated carbocycles. The van der Waals surface area contributed by atoms with Crippen molar-refractivity contribution in [3.8, 4) is 0 Å². The van der Waals surface area contributed by atoms with E-state index in [9.17, 15) is 4.79 Å². The van der Waals surface area contributed by atoms with Gasteiger partial charge in [-0.05, 0) is 13.8 Å². The van der Waals surface area contributed by atoms with Gasteiger partial charge in [0.15, 0.2) is 0 Å². The number of likely N-dealkylation sites (tertiary alicyclic amines) is 1. The molecule has 0 aromatic heterocycles. The van der Waals surface area contributed by atoms with Crippen molar-refractivity contribution < 1.29 is 4.79 Å². The van der Waals surface area contributed by atoms with Crippen LogP contribution >= 0.6 is 0 Å². The summed E-state index contributed by atoms with van der Waals surface area (Å²) in [6.07, 6.45) is 0. The van der Waals surface area contributed by atoms with Gasteiger partial charge in [-0.3, -0.25) is 4.79 Å². The van der Waals surface area contributed by atoms with Crippen molar-refractivity contribution in [3.63, 3.8) is 0 Å². The van der Waals surface area contributed by atoms with Crippen molar-refractivity contribution in [1.29, 1.82) is 0 Å². The van der Waals surface area contributed by atoms with Crippen molar-refractivity contribution in [2.24, 2.45) is 23.3 Å². The standard InChI is InChI=1S/C9H17N3O/c1-5(2)12-3-6-7(4-12)9(6,11)8(10)13/h5-7H,3-4,11H2,1-2H3,(H2,10,13). The molecule has 4 nitrogen and oxygen atoms in total. The number of fused-ring (bicyclic) bond motifs is 1. The van der Waals surface area contributed by atoms with Crippen molar-refractivity contribution >= 4 is 5.91 Å². The molecule has 2 unspecified atom stereocenters. The zero-order valence-electron chi connectivity index (χ0n) is 8.16. The molecule has 74 valence electrons. The summed E-state index contributed by atoms with van der Waals surface area (Å²) in [7, 11) is 0. The first-order chi connectivity index (χ1) is 5.98.